The summed E-state index contributed by atoms with van der Waals surface area (Å²) in [4.78, 5) is 16.7. The first-order chi connectivity index (χ1) is 12.1. The number of nitrogens with zero attached hydrogens (tertiary/aromatic N) is 4. The van der Waals surface area contributed by atoms with Crippen molar-refractivity contribution in [1.82, 2.24) is 15.1 Å². The monoisotopic (exact) mass is 337 g/mol. The SMILES string of the molecule is CN(Cc1ccc(C#N)cc1)[C@@H]1CN[C@H](C(=O)N2CCC[C@H]2C#N)C1. The number of likely N-dealkylation sites (N-methyl/N-ethyl adjacent to an activating group) is 1. The number of hydrogen-bond donors (Lipinski definition) is 1. The van der Waals surface area contributed by atoms with Crippen molar-refractivity contribution in [2.75, 3.05) is 20.1 Å². The summed E-state index contributed by atoms with van der Waals surface area (Å²) in [5, 5.41) is 21.4. The first kappa shape index (κ1) is 17.4. The van der Waals surface area contributed by atoms with E-state index in [-0.39, 0.29) is 24.0 Å². The van der Waals surface area contributed by atoms with E-state index in [0.29, 0.717) is 12.1 Å². The van der Waals surface area contributed by atoms with Crippen LogP contribution in [0.5, 0.6) is 0 Å². The van der Waals surface area contributed by atoms with Gasteiger partial charge in [0.1, 0.15) is 6.04 Å². The Balaban J connectivity index is 1.55. The van der Waals surface area contributed by atoms with E-state index in [9.17, 15) is 10.1 Å². The van der Waals surface area contributed by atoms with Crippen molar-refractivity contribution in [3.8, 4) is 12.1 Å². The van der Waals surface area contributed by atoms with Crippen LogP contribution in [0.1, 0.15) is 30.4 Å². The fourth-order valence-electron chi connectivity index (χ4n) is 3.71. The van der Waals surface area contributed by atoms with E-state index < -0.39 is 0 Å². The maximum Gasteiger partial charge on any atom is 0.240 e. The second-order valence-electron chi connectivity index (χ2n) is 6.89. The van der Waals surface area contributed by atoms with Gasteiger partial charge in [0.05, 0.1) is 23.7 Å². The molecule has 0 aromatic heterocycles. The lowest BCUT2D eigenvalue weighted by Crippen LogP contribution is -2.45. The van der Waals surface area contributed by atoms with Gasteiger partial charge in [-0.3, -0.25) is 9.69 Å². The Kier molecular flexibility index (Phi) is 5.33. The maximum atomic E-state index is 12.7. The van der Waals surface area contributed by atoms with Crippen LogP contribution in [0.3, 0.4) is 0 Å². The van der Waals surface area contributed by atoms with Crippen molar-refractivity contribution in [3.05, 3.63) is 35.4 Å². The molecule has 130 valence electrons. The van der Waals surface area contributed by atoms with E-state index in [2.05, 4.69) is 29.4 Å². The predicted octanol–water partition coefficient (Wildman–Crippen LogP) is 1.24. The lowest BCUT2D eigenvalue weighted by molar-refractivity contribution is -0.133. The summed E-state index contributed by atoms with van der Waals surface area (Å²) in [5.41, 5.74) is 1.82. The zero-order valence-electron chi connectivity index (χ0n) is 14.5. The Labute approximate surface area is 148 Å². The van der Waals surface area contributed by atoms with E-state index in [4.69, 9.17) is 5.26 Å². The number of amides is 1. The van der Waals surface area contributed by atoms with Crippen LogP contribution in [-0.2, 0) is 11.3 Å². The molecule has 2 fully saturated rings. The minimum absolute atomic E-state index is 0.0679. The molecule has 1 aromatic rings. The van der Waals surface area contributed by atoms with Crippen LogP contribution in [0, 0.1) is 22.7 Å². The fourth-order valence-corrected chi connectivity index (χ4v) is 3.71. The van der Waals surface area contributed by atoms with Crippen molar-refractivity contribution in [3.63, 3.8) is 0 Å². The highest BCUT2D eigenvalue weighted by atomic mass is 16.2. The number of benzene rings is 1. The topological polar surface area (TPSA) is 83.2 Å². The van der Waals surface area contributed by atoms with Gasteiger partial charge in [0.2, 0.25) is 5.91 Å². The third-order valence-corrected chi connectivity index (χ3v) is 5.23. The Morgan fingerprint density at radius 2 is 2.12 bits per heavy atom. The molecule has 1 N–H and O–H groups in total. The van der Waals surface area contributed by atoms with Crippen molar-refractivity contribution in [2.45, 2.75) is 43.9 Å². The lowest BCUT2D eigenvalue weighted by atomic mass is 10.1. The van der Waals surface area contributed by atoms with Gasteiger partial charge in [-0.25, -0.2) is 0 Å². The van der Waals surface area contributed by atoms with E-state index in [0.717, 1.165) is 37.9 Å². The average molecular weight is 337 g/mol. The number of rotatable bonds is 4. The molecule has 0 aliphatic carbocycles. The minimum Gasteiger partial charge on any atom is -0.325 e. The third-order valence-electron chi connectivity index (χ3n) is 5.23. The average Bonchev–Trinajstić information content (AvgIpc) is 3.31. The molecule has 6 heteroatoms. The van der Waals surface area contributed by atoms with Crippen molar-refractivity contribution in [1.29, 1.82) is 10.5 Å². The first-order valence-corrected chi connectivity index (χ1v) is 8.75. The van der Waals surface area contributed by atoms with Gasteiger partial charge in [0, 0.05) is 25.7 Å². The number of hydrogen-bond acceptors (Lipinski definition) is 5. The van der Waals surface area contributed by atoms with Gasteiger partial charge in [-0.1, -0.05) is 12.1 Å². The molecule has 0 unspecified atom stereocenters. The molecule has 0 spiro atoms. The quantitative estimate of drug-likeness (QED) is 0.893. The molecule has 2 saturated heterocycles. The van der Waals surface area contributed by atoms with Crippen LogP contribution in [0.4, 0.5) is 0 Å². The second-order valence-corrected chi connectivity index (χ2v) is 6.89. The molecule has 2 aliphatic heterocycles. The molecular formula is C19H23N5O. The summed E-state index contributed by atoms with van der Waals surface area (Å²) in [6, 6.07) is 11.8. The molecular weight excluding hydrogens is 314 g/mol. The van der Waals surface area contributed by atoms with Gasteiger partial charge in [-0.05, 0) is 44.0 Å². The summed E-state index contributed by atoms with van der Waals surface area (Å²) in [6.45, 7) is 2.25. The molecule has 0 saturated carbocycles. The molecule has 25 heavy (non-hydrogen) atoms. The molecule has 2 heterocycles. The highest BCUT2D eigenvalue weighted by Gasteiger charge is 2.37. The maximum absolute atomic E-state index is 12.7. The molecule has 2 aliphatic rings. The van der Waals surface area contributed by atoms with E-state index in [1.54, 1.807) is 4.90 Å². The number of carbonyl (C=O) groups excluding carboxylic acids is 1. The second kappa shape index (κ2) is 7.65. The molecule has 3 atom stereocenters. The molecule has 0 bridgehead atoms. The number of carbonyl (C=O) groups is 1. The van der Waals surface area contributed by atoms with Crippen LogP contribution in [-0.4, -0.2) is 54.0 Å². The summed E-state index contributed by atoms with van der Waals surface area (Å²) >= 11 is 0. The molecule has 3 rings (SSSR count). The summed E-state index contributed by atoms with van der Waals surface area (Å²) in [6.07, 6.45) is 2.47. The molecule has 0 radical (unpaired) electrons. The number of nitrogens with one attached hydrogen (secondary N) is 1. The Morgan fingerprint density at radius 1 is 1.36 bits per heavy atom. The Bertz CT molecular complexity index is 702. The van der Waals surface area contributed by atoms with Crippen molar-refractivity contribution in [2.24, 2.45) is 0 Å². The van der Waals surface area contributed by atoms with Crippen molar-refractivity contribution < 1.29 is 4.79 Å². The number of likely N-dealkylation sites (tertiary alicyclic amines) is 1. The smallest absolute Gasteiger partial charge is 0.240 e. The van der Waals surface area contributed by atoms with E-state index >= 15 is 0 Å². The summed E-state index contributed by atoms with van der Waals surface area (Å²) < 4.78 is 0. The minimum atomic E-state index is -0.260. The van der Waals surface area contributed by atoms with E-state index in [1.807, 2.05) is 24.3 Å². The molecule has 1 aromatic carbocycles. The van der Waals surface area contributed by atoms with Gasteiger partial charge in [-0.2, -0.15) is 10.5 Å². The van der Waals surface area contributed by atoms with Crippen LogP contribution < -0.4 is 5.32 Å². The van der Waals surface area contributed by atoms with Crippen LogP contribution in [0.15, 0.2) is 24.3 Å². The van der Waals surface area contributed by atoms with E-state index in [1.165, 1.54) is 0 Å². The van der Waals surface area contributed by atoms with Gasteiger partial charge >= 0.3 is 0 Å². The van der Waals surface area contributed by atoms with Gasteiger partial charge in [-0.15, -0.1) is 0 Å². The van der Waals surface area contributed by atoms with Gasteiger partial charge in [0.15, 0.2) is 0 Å². The highest BCUT2D eigenvalue weighted by molar-refractivity contribution is 5.83. The third kappa shape index (κ3) is 3.82. The first-order valence-electron chi connectivity index (χ1n) is 8.75. The van der Waals surface area contributed by atoms with Crippen LogP contribution in [0.2, 0.25) is 0 Å². The zero-order chi connectivity index (χ0) is 17.8. The normalized spacial score (nSPS) is 25.8. The van der Waals surface area contributed by atoms with Crippen molar-refractivity contribution >= 4 is 5.91 Å². The fraction of sp³-hybridized carbons (Fsp3) is 0.526. The predicted molar refractivity (Wildman–Crippen MR) is 93.2 cm³/mol. The molecule has 6 nitrogen and oxygen atoms in total. The zero-order valence-corrected chi connectivity index (χ0v) is 14.5. The van der Waals surface area contributed by atoms with Crippen LogP contribution >= 0.6 is 0 Å². The Hall–Kier alpha value is -2.41. The summed E-state index contributed by atoms with van der Waals surface area (Å²) in [7, 11) is 2.06. The lowest BCUT2D eigenvalue weighted by Gasteiger charge is -2.25. The molecule has 1 amide bonds. The Morgan fingerprint density at radius 3 is 2.80 bits per heavy atom. The highest BCUT2D eigenvalue weighted by Crippen LogP contribution is 2.22. The standard InChI is InChI=1S/C19H23N5O/c1-23(13-15-6-4-14(10-20)5-7-15)17-9-18(22-12-17)19(25)24-8-2-3-16(24)11-21/h4-7,16-18,22H,2-3,8-9,12-13H2,1H3/t16-,17-,18-/m0/s1. The van der Waals surface area contributed by atoms with Gasteiger partial charge in [0.25, 0.3) is 0 Å². The number of nitriles is 2. The largest absolute Gasteiger partial charge is 0.325 e. The van der Waals surface area contributed by atoms with Crippen LogP contribution in [0.25, 0.3) is 0 Å². The summed E-state index contributed by atoms with van der Waals surface area (Å²) in [5.74, 6) is 0.0679. The van der Waals surface area contributed by atoms with Gasteiger partial charge < -0.3 is 10.2 Å².